The lowest BCUT2D eigenvalue weighted by Crippen LogP contribution is -2.43. The summed E-state index contributed by atoms with van der Waals surface area (Å²) in [5.74, 6) is -0.449. The quantitative estimate of drug-likeness (QED) is 0.652. The standard InChI is InChI=1S/C13H14N2O2S/c1-9(10-5-3-2-4-6-10)14-13(18)15-11(16)7-8-12(15)17/h2-6,9H,7-8H2,1H3,(H,14,18). The van der Waals surface area contributed by atoms with Gasteiger partial charge in [0.05, 0.1) is 6.04 Å². The number of thiocarbonyl (C=S) groups is 1. The summed E-state index contributed by atoms with van der Waals surface area (Å²) in [6, 6.07) is 9.69. The van der Waals surface area contributed by atoms with E-state index in [-0.39, 0.29) is 35.8 Å². The van der Waals surface area contributed by atoms with E-state index in [1.807, 2.05) is 37.3 Å². The van der Waals surface area contributed by atoms with Gasteiger partial charge in [-0.3, -0.25) is 9.59 Å². The minimum Gasteiger partial charge on any atom is -0.355 e. The molecule has 2 rings (SSSR count). The molecule has 5 heteroatoms. The number of imide groups is 1. The molecular weight excluding hydrogens is 248 g/mol. The molecule has 0 aliphatic carbocycles. The van der Waals surface area contributed by atoms with Gasteiger partial charge in [-0.1, -0.05) is 30.3 Å². The summed E-state index contributed by atoms with van der Waals surface area (Å²) >= 11 is 5.12. The molecule has 1 saturated heterocycles. The van der Waals surface area contributed by atoms with Gasteiger partial charge in [0.2, 0.25) is 11.8 Å². The maximum absolute atomic E-state index is 11.5. The van der Waals surface area contributed by atoms with E-state index < -0.39 is 0 Å². The van der Waals surface area contributed by atoms with Gasteiger partial charge in [-0.05, 0) is 24.7 Å². The van der Waals surface area contributed by atoms with E-state index in [9.17, 15) is 9.59 Å². The first-order valence-electron chi connectivity index (χ1n) is 5.81. The molecule has 0 radical (unpaired) electrons. The zero-order chi connectivity index (χ0) is 13.1. The molecule has 1 heterocycles. The number of likely N-dealkylation sites (tertiary alicyclic amines) is 1. The van der Waals surface area contributed by atoms with E-state index in [1.54, 1.807) is 0 Å². The van der Waals surface area contributed by atoms with E-state index in [4.69, 9.17) is 12.2 Å². The van der Waals surface area contributed by atoms with Crippen LogP contribution in [0.25, 0.3) is 0 Å². The zero-order valence-corrected chi connectivity index (χ0v) is 10.9. The Labute approximate surface area is 111 Å². The Hall–Kier alpha value is -1.75. The van der Waals surface area contributed by atoms with Crippen LogP contribution in [0.3, 0.4) is 0 Å². The number of nitrogens with zero attached hydrogens (tertiary/aromatic N) is 1. The average Bonchev–Trinajstić information content (AvgIpc) is 2.70. The van der Waals surface area contributed by atoms with Crippen LogP contribution >= 0.6 is 12.2 Å². The summed E-state index contributed by atoms with van der Waals surface area (Å²) in [5, 5.41) is 3.21. The first-order chi connectivity index (χ1) is 8.59. The van der Waals surface area contributed by atoms with Crippen LogP contribution in [-0.4, -0.2) is 21.8 Å². The first kappa shape index (κ1) is 12.7. The second kappa shape index (κ2) is 5.27. The lowest BCUT2D eigenvalue weighted by atomic mass is 10.1. The Morgan fingerprint density at radius 1 is 1.22 bits per heavy atom. The average molecular weight is 262 g/mol. The third kappa shape index (κ3) is 2.56. The Bertz CT molecular complexity index is 471. The van der Waals surface area contributed by atoms with Gasteiger partial charge in [-0.15, -0.1) is 0 Å². The first-order valence-corrected chi connectivity index (χ1v) is 6.21. The highest BCUT2D eigenvalue weighted by atomic mass is 32.1. The van der Waals surface area contributed by atoms with Crippen LogP contribution in [0.2, 0.25) is 0 Å². The largest absolute Gasteiger partial charge is 0.355 e. The minimum absolute atomic E-state index is 0.0418. The maximum Gasteiger partial charge on any atom is 0.236 e. The van der Waals surface area contributed by atoms with E-state index in [2.05, 4.69) is 5.32 Å². The van der Waals surface area contributed by atoms with Crippen LogP contribution in [0.4, 0.5) is 0 Å². The predicted molar refractivity (Wildman–Crippen MR) is 71.7 cm³/mol. The summed E-state index contributed by atoms with van der Waals surface area (Å²) in [6.07, 6.45) is 0.501. The fraction of sp³-hybridized carbons (Fsp3) is 0.308. The van der Waals surface area contributed by atoms with Crippen LogP contribution in [-0.2, 0) is 9.59 Å². The number of amides is 2. The molecule has 1 aromatic rings. The van der Waals surface area contributed by atoms with Crippen LogP contribution in [0.1, 0.15) is 31.4 Å². The highest BCUT2D eigenvalue weighted by Crippen LogP contribution is 2.15. The smallest absolute Gasteiger partial charge is 0.236 e. The van der Waals surface area contributed by atoms with Gasteiger partial charge in [-0.2, -0.15) is 0 Å². The van der Waals surface area contributed by atoms with Crippen molar-refractivity contribution in [3.05, 3.63) is 35.9 Å². The summed E-state index contributed by atoms with van der Waals surface area (Å²) in [6.45, 7) is 1.94. The second-order valence-electron chi connectivity index (χ2n) is 4.20. The van der Waals surface area contributed by atoms with E-state index >= 15 is 0 Å². The molecule has 1 unspecified atom stereocenters. The van der Waals surface area contributed by atoms with E-state index in [0.29, 0.717) is 0 Å². The Kier molecular flexibility index (Phi) is 3.72. The van der Waals surface area contributed by atoms with Crippen molar-refractivity contribution in [3.63, 3.8) is 0 Å². The highest BCUT2D eigenvalue weighted by molar-refractivity contribution is 7.80. The summed E-state index contributed by atoms with van der Waals surface area (Å²) in [4.78, 5) is 24.1. The zero-order valence-electron chi connectivity index (χ0n) is 10.1. The number of nitrogens with one attached hydrogen (secondary N) is 1. The van der Waals surface area contributed by atoms with Gasteiger partial charge in [0, 0.05) is 12.8 Å². The number of rotatable bonds is 2. The highest BCUT2D eigenvalue weighted by Gasteiger charge is 2.32. The molecule has 94 valence electrons. The van der Waals surface area contributed by atoms with Crippen LogP contribution in [0.5, 0.6) is 0 Å². The molecule has 0 spiro atoms. The van der Waals surface area contributed by atoms with Crippen molar-refractivity contribution in [2.24, 2.45) is 0 Å². The van der Waals surface area contributed by atoms with Gasteiger partial charge >= 0.3 is 0 Å². The molecule has 1 N–H and O–H groups in total. The fourth-order valence-electron chi connectivity index (χ4n) is 1.88. The SMILES string of the molecule is CC(NC(=S)N1C(=O)CCC1=O)c1ccccc1. The number of hydrogen-bond acceptors (Lipinski definition) is 3. The van der Waals surface area contributed by atoms with Crippen molar-refractivity contribution >= 4 is 29.1 Å². The topological polar surface area (TPSA) is 49.4 Å². The fourth-order valence-corrected chi connectivity index (χ4v) is 2.26. The number of carbonyl (C=O) groups excluding carboxylic acids is 2. The molecule has 0 aromatic heterocycles. The Morgan fingerprint density at radius 2 is 1.78 bits per heavy atom. The van der Waals surface area contributed by atoms with Crippen molar-refractivity contribution in [3.8, 4) is 0 Å². The summed E-state index contributed by atoms with van der Waals surface area (Å²) in [5.41, 5.74) is 1.05. The number of carbonyl (C=O) groups is 2. The number of benzene rings is 1. The normalized spacial score (nSPS) is 16.8. The van der Waals surface area contributed by atoms with E-state index in [0.717, 1.165) is 10.5 Å². The lowest BCUT2D eigenvalue weighted by molar-refractivity contribution is -0.133. The molecule has 1 fully saturated rings. The van der Waals surface area contributed by atoms with Crippen LogP contribution in [0.15, 0.2) is 30.3 Å². The second-order valence-corrected chi connectivity index (χ2v) is 4.59. The van der Waals surface area contributed by atoms with Crippen LogP contribution in [0, 0.1) is 0 Å². The van der Waals surface area contributed by atoms with Gasteiger partial charge in [0.25, 0.3) is 0 Å². The molecule has 0 saturated carbocycles. The lowest BCUT2D eigenvalue weighted by Gasteiger charge is -2.21. The van der Waals surface area contributed by atoms with Crippen molar-refractivity contribution < 1.29 is 9.59 Å². The van der Waals surface area contributed by atoms with Gasteiger partial charge < -0.3 is 5.32 Å². The van der Waals surface area contributed by atoms with Crippen molar-refractivity contribution in [2.75, 3.05) is 0 Å². The predicted octanol–water partition coefficient (Wildman–Crippen LogP) is 1.77. The van der Waals surface area contributed by atoms with Gasteiger partial charge in [0.15, 0.2) is 5.11 Å². The molecule has 4 nitrogen and oxygen atoms in total. The third-order valence-electron chi connectivity index (χ3n) is 2.89. The molecule has 1 aromatic carbocycles. The van der Waals surface area contributed by atoms with Crippen LogP contribution < -0.4 is 5.32 Å². The molecule has 1 aliphatic rings. The molecule has 18 heavy (non-hydrogen) atoms. The molecular formula is C13H14N2O2S. The van der Waals surface area contributed by atoms with Crippen molar-refractivity contribution in [1.29, 1.82) is 0 Å². The maximum atomic E-state index is 11.5. The van der Waals surface area contributed by atoms with Gasteiger partial charge in [-0.25, -0.2) is 4.90 Å². The minimum atomic E-state index is -0.224. The summed E-state index contributed by atoms with van der Waals surface area (Å²) < 4.78 is 0. The number of hydrogen-bond donors (Lipinski definition) is 1. The molecule has 0 bridgehead atoms. The van der Waals surface area contributed by atoms with E-state index in [1.165, 1.54) is 0 Å². The van der Waals surface area contributed by atoms with Crippen molar-refractivity contribution in [1.82, 2.24) is 10.2 Å². The monoisotopic (exact) mass is 262 g/mol. The van der Waals surface area contributed by atoms with Crippen molar-refractivity contribution in [2.45, 2.75) is 25.8 Å². The molecule has 1 atom stereocenters. The van der Waals surface area contributed by atoms with Gasteiger partial charge in [0.1, 0.15) is 0 Å². The molecule has 1 aliphatic heterocycles. The Morgan fingerprint density at radius 3 is 2.33 bits per heavy atom. The summed E-state index contributed by atoms with van der Waals surface area (Å²) in [7, 11) is 0. The third-order valence-corrected chi connectivity index (χ3v) is 3.19. The Balaban J connectivity index is 2.04. The molecule has 2 amide bonds.